The van der Waals surface area contributed by atoms with Crippen LogP contribution in [-0.4, -0.2) is 47.7 Å². The molecule has 45 heavy (non-hydrogen) atoms. The number of halogens is 1. The summed E-state index contributed by atoms with van der Waals surface area (Å²) in [6.07, 6.45) is 4.46. The van der Waals surface area contributed by atoms with Crippen molar-refractivity contribution in [1.29, 1.82) is 0 Å². The van der Waals surface area contributed by atoms with Gasteiger partial charge in [-0.15, -0.1) is 6.58 Å². The van der Waals surface area contributed by atoms with Gasteiger partial charge in [0.25, 0.3) is 11.1 Å². The summed E-state index contributed by atoms with van der Waals surface area (Å²) in [5.41, 5.74) is 2.79. The summed E-state index contributed by atoms with van der Waals surface area (Å²) >= 11 is 6.87. The SMILES string of the molecule is C=CCc1cc(/C=C2\SC(=O)N(CC(=O)Nc3ccc(Cl)c(C(=O)OCCC)c3)C2=O)cc(OCC)c1OCc1ccccc1. The maximum atomic E-state index is 13.2. The van der Waals surface area contributed by atoms with E-state index in [1.807, 2.05) is 50.2 Å². The average molecular weight is 649 g/mol. The van der Waals surface area contributed by atoms with Crippen LogP contribution in [0.15, 0.2) is 78.2 Å². The van der Waals surface area contributed by atoms with Crippen LogP contribution in [0.25, 0.3) is 6.08 Å². The van der Waals surface area contributed by atoms with E-state index in [1.165, 1.54) is 18.2 Å². The molecule has 0 aromatic heterocycles. The van der Waals surface area contributed by atoms with E-state index in [2.05, 4.69) is 11.9 Å². The second kappa shape index (κ2) is 16.0. The molecule has 3 aromatic rings. The van der Waals surface area contributed by atoms with Crippen LogP contribution in [0, 0.1) is 0 Å². The highest BCUT2D eigenvalue weighted by Crippen LogP contribution is 2.38. The Kier molecular flexibility index (Phi) is 11.8. The smallest absolute Gasteiger partial charge is 0.339 e. The van der Waals surface area contributed by atoms with Crippen molar-refractivity contribution in [1.82, 2.24) is 4.90 Å². The molecule has 0 unspecified atom stereocenters. The molecular weight excluding hydrogens is 616 g/mol. The maximum Gasteiger partial charge on any atom is 0.339 e. The number of hydrogen-bond acceptors (Lipinski definition) is 8. The van der Waals surface area contributed by atoms with Crippen molar-refractivity contribution in [2.75, 3.05) is 25.1 Å². The number of nitrogens with one attached hydrogen (secondary N) is 1. The molecule has 1 fully saturated rings. The first-order valence-corrected chi connectivity index (χ1v) is 15.5. The zero-order valence-corrected chi connectivity index (χ0v) is 26.5. The number of allylic oxidation sites excluding steroid dienone is 1. The molecule has 1 aliphatic rings. The fraction of sp³-hybridized carbons (Fsp3) is 0.235. The minimum atomic E-state index is -0.624. The Balaban J connectivity index is 1.50. The molecule has 9 nitrogen and oxygen atoms in total. The van der Waals surface area contributed by atoms with Crippen molar-refractivity contribution in [3.63, 3.8) is 0 Å². The zero-order valence-electron chi connectivity index (χ0n) is 25.0. The number of anilines is 1. The number of benzene rings is 3. The number of carbonyl (C=O) groups excluding carboxylic acids is 4. The number of ether oxygens (including phenoxy) is 3. The van der Waals surface area contributed by atoms with Crippen molar-refractivity contribution in [2.24, 2.45) is 0 Å². The van der Waals surface area contributed by atoms with Crippen LogP contribution in [0.3, 0.4) is 0 Å². The number of esters is 1. The number of nitrogens with zero attached hydrogens (tertiary/aromatic N) is 1. The van der Waals surface area contributed by atoms with Gasteiger partial charge in [0.1, 0.15) is 13.2 Å². The monoisotopic (exact) mass is 648 g/mol. The fourth-order valence-electron chi connectivity index (χ4n) is 4.39. The van der Waals surface area contributed by atoms with Crippen molar-refractivity contribution in [3.05, 3.63) is 106 Å². The first-order chi connectivity index (χ1) is 21.7. The van der Waals surface area contributed by atoms with Crippen molar-refractivity contribution < 1.29 is 33.4 Å². The topological polar surface area (TPSA) is 111 Å². The van der Waals surface area contributed by atoms with E-state index in [1.54, 1.807) is 18.2 Å². The van der Waals surface area contributed by atoms with Gasteiger partial charge in [0, 0.05) is 11.3 Å². The first-order valence-electron chi connectivity index (χ1n) is 14.3. The van der Waals surface area contributed by atoms with Crippen LogP contribution in [0.1, 0.15) is 47.3 Å². The van der Waals surface area contributed by atoms with E-state index in [-0.39, 0.29) is 27.8 Å². The molecule has 0 bridgehead atoms. The zero-order chi connectivity index (χ0) is 32.3. The lowest BCUT2D eigenvalue weighted by Crippen LogP contribution is -2.36. The van der Waals surface area contributed by atoms with Crippen LogP contribution in [0.2, 0.25) is 5.02 Å². The van der Waals surface area contributed by atoms with Crippen LogP contribution < -0.4 is 14.8 Å². The number of thioether (sulfide) groups is 1. The molecule has 0 spiro atoms. The van der Waals surface area contributed by atoms with E-state index < -0.39 is 29.6 Å². The largest absolute Gasteiger partial charge is 0.490 e. The van der Waals surface area contributed by atoms with Gasteiger partial charge in [0.05, 0.1) is 28.7 Å². The van der Waals surface area contributed by atoms with Gasteiger partial charge < -0.3 is 19.5 Å². The molecule has 0 atom stereocenters. The Morgan fingerprint density at radius 3 is 2.53 bits per heavy atom. The second-order valence-corrected chi connectivity index (χ2v) is 11.3. The predicted molar refractivity (Wildman–Crippen MR) is 176 cm³/mol. The van der Waals surface area contributed by atoms with Gasteiger partial charge in [-0.05, 0) is 79.1 Å². The fourth-order valence-corrected chi connectivity index (χ4v) is 5.43. The highest BCUT2D eigenvalue weighted by atomic mass is 35.5. The summed E-state index contributed by atoms with van der Waals surface area (Å²) < 4.78 is 17.2. The summed E-state index contributed by atoms with van der Waals surface area (Å²) in [4.78, 5) is 52.2. The quantitative estimate of drug-likeness (QED) is 0.110. The summed E-state index contributed by atoms with van der Waals surface area (Å²) in [5, 5.41) is 2.19. The molecule has 4 rings (SSSR count). The second-order valence-electron chi connectivity index (χ2n) is 9.85. The van der Waals surface area contributed by atoms with E-state index in [9.17, 15) is 19.2 Å². The number of amides is 3. The van der Waals surface area contributed by atoms with E-state index >= 15 is 0 Å². The van der Waals surface area contributed by atoms with Gasteiger partial charge in [0.15, 0.2) is 11.5 Å². The Hall–Kier alpha value is -4.54. The Morgan fingerprint density at radius 2 is 1.82 bits per heavy atom. The molecule has 0 aliphatic carbocycles. The van der Waals surface area contributed by atoms with E-state index in [0.29, 0.717) is 43.1 Å². The van der Waals surface area contributed by atoms with Crippen LogP contribution in [-0.2, 0) is 27.4 Å². The molecule has 11 heteroatoms. The third-order valence-electron chi connectivity index (χ3n) is 6.42. The van der Waals surface area contributed by atoms with Crippen LogP contribution in [0.5, 0.6) is 11.5 Å². The molecule has 1 heterocycles. The minimum absolute atomic E-state index is 0.0933. The third-order valence-corrected chi connectivity index (χ3v) is 7.66. The van der Waals surface area contributed by atoms with Crippen LogP contribution in [0.4, 0.5) is 10.5 Å². The lowest BCUT2D eigenvalue weighted by atomic mass is 10.0. The highest BCUT2D eigenvalue weighted by Gasteiger charge is 2.36. The Morgan fingerprint density at radius 1 is 1.04 bits per heavy atom. The van der Waals surface area contributed by atoms with Gasteiger partial charge in [0.2, 0.25) is 5.91 Å². The number of imide groups is 1. The molecule has 1 saturated heterocycles. The molecule has 0 saturated carbocycles. The molecule has 0 radical (unpaired) electrons. The number of carbonyl (C=O) groups is 4. The third kappa shape index (κ3) is 8.77. The molecular formula is C34H33ClN2O7S. The average Bonchev–Trinajstić information content (AvgIpc) is 3.28. The molecule has 3 aromatic carbocycles. The van der Waals surface area contributed by atoms with Gasteiger partial charge in [-0.25, -0.2) is 4.79 Å². The van der Waals surface area contributed by atoms with Crippen LogP contribution >= 0.6 is 23.4 Å². The first kappa shape index (κ1) is 33.4. The standard InChI is InChI=1S/C34H33ClN2O7S/c1-4-10-24-16-23(17-28(42-6-3)31(24)44-21-22-11-8-7-9-12-22)18-29-32(39)37(34(41)45-29)20-30(38)36-25-13-14-27(35)26(19-25)33(40)43-15-5-2/h4,7-9,11-14,16-19H,1,5-6,10,15,20-21H2,2-3H3,(H,36,38)/b29-18-. The minimum Gasteiger partial charge on any atom is -0.490 e. The van der Waals surface area contributed by atoms with Crippen molar-refractivity contribution in [2.45, 2.75) is 33.3 Å². The van der Waals surface area contributed by atoms with Crippen molar-refractivity contribution >= 4 is 58.1 Å². The summed E-state index contributed by atoms with van der Waals surface area (Å²) in [5.74, 6) is -0.771. The number of hydrogen-bond donors (Lipinski definition) is 1. The molecule has 3 amide bonds. The molecule has 1 N–H and O–H groups in total. The summed E-state index contributed by atoms with van der Waals surface area (Å²) in [6, 6.07) is 17.7. The number of rotatable bonds is 14. The summed E-state index contributed by atoms with van der Waals surface area (Å²) in [6.45, 7) is 8.02. The lowest BCUT2D eigenvalue weighted by molar-refractivity contribution is -0.127. The molecule has 1 aliphatic heterocycles. The summed E-state index contributed by atoms with van der Waals surface area (Å²) in [7, 11) is 0. The van der Waals surface area contributed by atoms with E-state index in [0.717, 1.165) is 27.8 Å². The Bertz CT molecular complexity index is 1620. The van der Waals surface area contributed by atoms with Gasteiger partial charge >= 0.3 is 5.97 Å². The highest BCUT2D eigenvalue weighted by molar-refractivity contribution is 8.18. The maximum absolute atomic E-state index is 13.2. The van der Waals surface area contributed by atoms with Gasteiger partial charge in [-0.3, -0.25) is 19.3 Å². The van der Waals surface area contributed by atoms with Gasteiger partial charge in [-0.2, -0.15) is 0 Å². The normalized spacial score (nSPS) is 13.6. The van der Waals surface area contributed by atoms with E-state index in [4.69, 9.17) is 25.8 Å². The van der Waals surface area contributed by atoms with Crippen molar-refractivity contribution in [3.8, 4) is 11.5 Å². The predicted octanol–water partition coefficient (Wildman–Crippen LogP) is 7.29. The lowest BCUT2D eigenvalue weighted by Gasteiger charge is -2.17. The molecule has 234 valence electrons. The van der Waals surface area contributed by atoms with Gasteiger partial charge in [-0.1, -0.05) is 54.9 Å². The Labute approximate surface area is 271 Å².